The maximum absolute atomic E-state index is 11.6. The summed E-state index contributed by atoms with van der Waals surface area (Å²) in [5.74, 6) is 0.362. The van der Waals surface area contributed by atoms with E-state index in [0.29, 0.717) is 5.75 Å². The maximum Gasteiger partial charge on any atom is 0.0531 e. The number of halogens is 1. The summed E-state index contributed by atoms with van der Waals surface area (Å²) in [6.45, 7) is 0.260. The Hall–Kier alpha value is -0.840. The van der Waals surface area contributed by atoms with Gasteiger partial charge in [-0.15, -0.1) is 0 Å². The molecule has 0 radical (unpaired) electrons. The normalized spacial score (nSPS) is 11.8. The Balaban J connectivity index is 2.65. The summed E-state index contributed by atoms with van der Waals surface area (Å²) in [5.41, 5.74) is 8.05. The van der Waals surface area contributed by atoms with Gasteiger partial charge in [-0.2, -0.15) is 0 Å². The maximum atomic E-state index is 11.6. The van der Waals surface area contributed by atoms with Gasteiger partial charge in [0.15, 0.2) is 0 Å². The second-order valence-corrected chi connectivity index (χ2v) is 4.95. The van der Waals surface area contributed by atoms with Gasteiger partial charge < -0.3 is 0 Å². The number of azide groups is 1. The number of hydrogen-bond donors (Lipinski definition) is 0. The molecular formula is C8H8BrN3OS. The highest BCUT2D eigenvalue weighted by molar-refractivity contribution is 9.10. The third-order valence-corrected chi connectivity index (χ3v) is 3.33. The molecule has 6 heteroatoms. The molecule has 0 heterocycles. The Morgan fingerprint density at radius 1 is 1.57 bits per heavy atom. The van der Waals surface area contributed by atoms with Crippen LogP contribution in [0.15, 0.2) is 38.7 Å². The van der Waals surface area contributed by atoms with Crippen molar-refractivity contribution >= 4 is 26.7 Å². The van der Waals surface area contributed by atoms with E-state index < -0.39 is 10.8 Å². The number of benzene rings is 1. The van der Waals surface area contributed by atoms with Crippen molar-refractivity contribution in [2.45, 2.75) is 4.90 Å². The summed E-state index contributed by atoms with van der Waals surface area (Å²) in [6, 6.07) is 7.28. The number of hydrogen-bond acceptors (Lipinski definition) is 2. The van der Waals surface area contributed by atoms with E-state index in [1.165, 1.54) is 0 Å². The first-order valence-electron chi connectivity index (χ1n) is 3.89. The third-order valence-electron chi connectivity index (χ3n) is 1.50. The molecule has 1 aromatic carbocycles. The van der Waals surface area contributed by atoms with Gasteiger partial charge in [-0.1, -0.05) is 27.1 Å². The van der Waals surface area contributed by atoms with E-state index >= 15 is 0 Å². The van der Waals surface area contributed by atoms with Gasteiger partial charge in [-0.25, -0.2) is 0 Å². The molecule has 1 unspecified atom stereocenters. The van der Waals surface area contributed by atoms with Gasteiger partial charge in [0.05, 0.1) is 10.8 Å². The lowest BCUT2D eigenvalue weighted by Gasteiger charge is -1.99. The molecule has 0 fully saturated rings. The Labute approximate surface area is 92.5 Å². The molecule has 0 N–H and O–H groups in total. The lowest BCUT2D eigenvalue weighted by Crippen LogP contribution is -2.00. The van der Waals surface area contributed by atoms with Crippen LogP contribution in [0.2, 0.25) is 0 Å². The van der Waals surface area contributed by atoms with E-state index in [1.54, 1.807) is 12.1 Å². The Bertz CT molecular complexity index is 390. The van der Waals surface area contributed by atoms with Crippen LogP contribution in [0, 0.1) is 0 Å². The van der Waals surface area contributed by atoms with Gasteiger partial charge in [0.25, 0.3) is 0 Å². The predicted molar refractivity (Wildman–Crippen MR) is 59.4 cm³/mol. The van der Waals surface area contributed by atoms with E-state index in [-0.39, 0.29) is 6.54 Å². The summed E-state index contributed by atoms with van der Waals surface area (Å²) in [4.78, 5) is 3.34. The van der Waals surface area contributed by atoms with Crippen LogP contribution < -0.4 is 0 Å². The van der Waals surface area contributed by atoms with Crippen LogP contribution in [-0.4, -0.2) is 16.5 Å². The lowest BCUT2D eigenvalue weighted by atomic mass is 10.4. The van der Waals surface area contributed by atoms with Crippen LogP contribution in [0.5, 0.6) is 0 Å². The minimum absolute atomic E-state index is 0.260. The van der Waals surface area contributed by atoms with E-state index in [4.69, 9.17) is 5.53 Å². The van der Waals surface area contributed by atoms with Crippen molar-refractivity contribution in [1.82, 2.24) is 0 Å². The largest absolute Gasteiger partial charge is 0.254 e. The van der Waals surface area contributed by atoms with Crippen LogP contribution in [0.4, 0.5) is 0 Å². The Kier molecular flexibility index (Phi) is 4.65. The molecule has 14 heavy (non-hydrogen) atoms. The summed E-state index contributed by atoms with van der Waals surface area (Å²) in [6.07, 6.45) is 0. The summed E-state index contributed by atoms with van der Waals surface area (Å²) in [7, 11) is -1.09. The SMILES string of the molecule is [N-]=[N+]=NCCS(=O)c1cccc(Br)c1. The molecule has 0 aliphatic heterocycles. The molecule has 0 aliphatic carbocycles. The fourth-order valence-corrected chi connectivity index (χ4v) is 2.42. The topological polar surface area (TPSA) is 65.8 Å². The minimum Gasteiger partial charge on any atom is -0.254 e. The molecule has 4 nitrogen and oxygen atoms in total. The van der Waals surface area contributed by atoms with Gasteiger partial charge in [-0.05, 0) is 23.7 Å². The average molecular weight is 274 g/mol. The summed E-state index contributed by atoms with van der Waals surface area (Å²) in [5, 5.41) is 3.34. The fraction of sp³-hybridized carbons (Fsp3) is 0.250. The van der Waals surface area contributed by atoms with Crippen molar-refractivity contribution in [3.63, 3.8) is 0 Å². The van der Waals surface area contributed by atoms with Crippen molar-refractivity contribution < 1.29 is 4.21 Å². The first kappa shape index (κ1) is 11.2. The van der Waals surface area contributed by atoms with Gasteiger partial charge in [0.1, 0.15) is 0 Å². The zero-order chi connectivity index (χ0) is 10.4. The van der Waals surface area contributed by atoms with Gasteiger partial charge in [0.2, 0.25) is 0 Å². The van der Waals surface area contributed by atoms with E-state index in [9.17, 15) is 4.21 Å². The van der Waals surface area contributed by atoms with E-state index in [2.05, 4.69) is 26.0 Å². The highest BCUT2D eigenvalue weighted by atomic mass is 79.9. The van der Waals surface area contributed by atoms with Crippen molar-refractivity contribution in [3.05, 3.63) is 39.2 Å². The Morgan fingerprint density at radius 3 is 3.00 bits per heavy atom. The summed E-state index contributed by atoms with van der Waals surface area (Å²) >= 11 is 3.30. The monoisotopic (exact) mass is 273 g/mol. The third kappa shape index (κ3) is 3.49. The average Bonchev–Trinajstić information content (AvgIpc) is 2.18. The molecule has 0 saturated carbocycles. The highest BCUT2D eigenvalue weighted by Gasteiger charge is 2.02. The number of rotatable bonds is 4. The van der Waals surface area contributed by atoms with Crippen molar-refractivity contribution in [2.24, 2.45) is 5.11 Å². The lowest BCUT2D eigenvalue weighted by molar-refractivity contribution is 0.682. The second-order valence-electron chi connectivity index (χ2n) is 2.46. The van der Waals surface area contributed by atoms with Crippen LogP contribution in [0.3, 0.4) is 0 Å². The molecule has 1 aromatic rings. The van der Waals surface area contributed by atoms with Gasteiger partial charge in [-0.3, -0.25) is 4.21 Å². The Morgan fingerprint density at radius 2 is 2.36 bits per heavy atom. The molecule has 0 amide bonds. The molecule has 0 spiro atoms. The molecule has 1 rings (SSSR count). The van der Waals surface area contributed by atoms with Crippen molar-refractivity contribution in [2.75, 3.05) is 12.3 Å². The second kappa shape index (κ2) is 5.80. The molecule has 0 aliphatic rings. The predicted octanol–water partition coefficient (Wildman–Crippen LogP) is 2.87. The summed E-state index contributed by atoms with van der Waals surface area (Å²) < 4.78 is 12.5. The van der Waals surface area contributed by atoms with Crippen LogP contribution in [-0.2, 0) is 10.8 Å². The van der Waals surface area contributed by atoms with E-state index in [1.807, 2.05) is 12.1 Å². The zero-order valence-electron chi connectivity index (χ0n) is 7.26. The first-order valence-corrected chi connectivity index (χ1v) is 6.00. The van der Waals surface area contributed by atoms with Crippen LogP contribution >= 0.6 is 15.9 Å². The molecule has 0 saturated heterocycles. The molecule has 74 valence electrons. The first-order chi connectivity index (χ1) is 6.74. The van der Waals surface area contributed by atoms with Crippen molar-refractivity contribution in [3.8, 4) is 0 Å². The minimum atomic E-state index is -1.09. The van der Waals surface area contributed by atoms with E-state index in [0.717, 1.165) is 9.37 Å². The molecule has 1 atom stereocenters. The van der Waals surface area contributed by atoms with Crippen LogP contribution in [0.1, 0.15) is 0 Å². The van der Waals surface area contributed by atoms with Crippen molar-refractivity contribution in [1.29, 1.82) is 0 Å². The zero-order valence-corrected chi connectivity index (χ0v) is 9.66. The number of nitrogens with zero attached hydrogens (tertiary/aromatic N) is 3. The smallest absolute Gasteiger partial charge is 0.0531 e. The van der Waals surface area contributed by atoms with Crippen LogP contribution in [0.25, 0.3) is 10.4 Å². The van der Waals surface area contributed by atoms with Gasteiger partial charge >= 0.3 is 0 Å². The standard InChI is InChI=1S/C8H8BrN3OS/c9-7-2-1-3-8(6-7)14(13)5-4-11-12-10/h1-3,6H,4-5H2. The molecular weight excluding hydrogens is 266 g/mol. The highest BCUT2D eigenvalue weighted by Crippen LogP contribution is 2.14. The fourth-order valence-electron chi connectivity index (χ4n) is 0.895. The quantitative estimate of drug-likeness (QED) is 0.473. The molecule has 0 aromatic heterocycles. The van der Waals surface area contributed by atoms with Gasteiger partial charge in [0, 0.05) is 26.6 Å². The molecule has 0 bridgehead atoms.